The highest BCUT2D eigenvalue weighted by atomic mass is 19.2. The van der Waals surface area contributed by atoms with Crippen LogP contribution in [0.15, 0.2) is 28.9 Å². The number of carbonyl (C=O) groups is 1. The zero-order chi connectivity index (χ0) is 29.3. The van der Waals surface area contributed by atoms with Gasteiger partial charge in [-0.1, -0.05) is 10.4 Å². The van der Waals surface area contributed by atoms with E-state index in [1.54, 1.807) is 0 Å². The van der Waals surface area contributed by atoms with Crippen LogP contribution in [-0.2, 0) is 15.9 Å². The monoisotopic (exact) mass is 581 g/mol. The highest BCUT2D eigenvalue weighted by Crippen LogP contribution is 2.36. The summed E-state index contributed by atoms with van der Waals surface area (Å²) in [6, 6.07) is 2.37. The second kappa shape index (κ2) is 12.1. The number of carboxylic acid groups (broad SMARTS) is 1. The van der Waals surface area contributed by atoms with Gasteiger partial charge in [0, 0.05) is 37.1 Å². The average Bonchev–Trinajstić information content (AvgIpc) is 3.62. The summed E-state index contributed by atoms with van der Waals surface area (Å²) in [6.07, 6.45) is -0.530. The van der Waals surface area contributed by atoms with Crippen LogP contribution in [0.5, 0.6) is 0 Å². The number of amides is 1. The van der Waals surface area contributed by atoms with Crippen LogP contribution in [0.4, 0.5) is 18.0 Å². The van der Waals surface area contributed by atoms with E-state index in [9.17, 15) is 28.2 Å². The summed E-state index contributed by atoms with van der Waals surface area (Å²) in [5.74, 6) is -3.77. The molecule has 1 saturated carbocycles. The van der Waals surface area contributed by atoms with Crippen molar-refractivity contribution in [3.63, 3.8) is 0 Å². The smallest absolute Gasteiger partial charge is 0.404 e. The van der Waals surface area contributed by atoms with Gasteiger partial charge in [-0.3, -0.25) is 0 Å². The van der Waals surface area contributed by atoms with Crippen molar-refractivity contribution in [2.24, 2.45) is 0 Å². The topological polar surface area (TPSA) is 165 Å². The first-order valence-electron chi connectivity index (χ1n) is 13.2. The summed E-state index contributed by atoms with van der Waals surface area (Å²) >= 11 is 0. The third-order valence-corrected chi connectivity index (χ3v) is 7.78. The molecule has 0 radical (unpaired) electrons. The van der Waals surface area contributed by atoms with Crippen molar-refractivity contribution in [2.45, 2.75) is 74.5 Å². The number of aromatic nitrogens is 4. The predicted octanol–water partition coefficient (Wildman–Crippen LogP) is 2.56. The molecule has 1 saturated heterocycles. The van der Waals surface area contributed by atoms with Gasteiger partial charge in [0.25, 0.3) is 0 Å². The first-order chi connectivity index (χ1) is 19.7. The molecule has 5 rings (SSSR count). The van der Waals surface area contributed by atoms with E-state index in [0.717, 1.165) is 30.7 Å². The quantitative estimate of drug-likeness (QED) is 0.291. The van der Waals surface area contributed by atoms with E-state index in [1.807, 2.05) is 6.07 Å². The number of aliphatic hydroxyl groups excluding tert-OH is 2. The zero-order valence-electron chi connectivity index (χ0n) is 22.0. The Kier molecular flexibility index (Phi) is 8.58. The molecular weight excluding hydrogens is 551 g/mol. The Morgan fingerprint density at radius 3 is 2.49 bits per heavy atom. The molecule has 5 atom stereocenters. The van der Waals surface area contributed by atoms with Gasteiger partial charge in [0.05, 0.1) is 24.6 Å². The number of hydrogen-bond donors (Lipinski definition) is 4. The summed E-state index contributed by atoms with van der Waals surface area (Å²) in [7, 11) is 1.41. The van der Waals surface area contributed by atoms with E-state index in [0.29, 0.717) is 18.6 Å². The van der Waals surface area contributed by atoms with Gasteiger partial charge < -0.3 is 34.6 Å². The lowest BCUT2D eigenvalue weighted by Crippen LogP contribution is -2.57. The predicted molar refractivity (Wildman–Crippen MR) is 133 cm³/mol. The molecule has 2 aliphatic rings. The van der Waals surface area contributed by atoms with Gasteiger partial charge in [-0.2, -0.15) is 0 Å². The fraction of sp³-hybridized carbons (Fsp3) is 0.538. The number of methoxy groups -OCH3 is 1. The Hall–Kier alpha value is -3.53. The third kappa shape index (κ3) is 6.07. The molecule has 0 unspecified atom stereocenters. The Bertz CT molecular complexity index is 1340. The first kappa shape index (κ1) is 29.0. The second-order valence-electron chi connectivity index (χ2n) is 10.3. The molecule has 1 aliphatic heterocycles. The number of halogens is 3. The lowest BCUT2D eigenvalue weighted by atomic mass is 9.84. The molecule has 1 amide bonds. The van der Waals surface area contributed by atoms with Crippen LogP contribution in [0.2, 0.25) is 0 Å². The van der Waals surface area contributed by atoms with Gasteiger partial charge in [-0.15, -0.1) is 5.10 Å². The standard InChI is InChI=1S/C26H30F3N5O7/c1-39-25-20(9-15-8-18(32-41-15)12-2-4-14(5-3-12)30-26(37)38)40-21(11-35)24(36)23(25)34-10-19(31-33-34)13-6-16(27)22(29)17(28)7-13/h6-8,10,12,14,20-21,23-25,30,35-36H,2-5,9,11H2,1H3,(H,37,38)/t12?,14?,20-,21-,23+,24+,25+/m1/s1. The van der Waals surface area contributed by atoms with Crippen LogP contribution in [-0.4, -0.2) is 85.7 Å². The van der Waals surface area contributed by atoms with Gasteiger partial charge >= 0.3 is 6.09 Å². The molecule has 222 valence electrons. The molecular formula is C26H30F3N5O7. The second-order valence-corrected chi connectivity index (χ2v) is 10.3. The van der Waals surface area contributed by atoms with Crippen LogP contribution < -0.4 is 5.32 Å². The molecule has 2 aromatic heterocycles. The number of nitrogens with one attached hydrogen (secondary N) is 1. The number of benzene rings is 1. The molecule has 2 fully saturated rings. The van der Waals surface area contributed by atoms with Crippen LogP contribution in [0, 0.1) is 17.5 Å². The fourth-order valence-electron chi connectivity index (χ4n) is 5.71. The van der Waals surface area contributed by atoms with Crippen LogP contribution >= 0.6 is 0 Å². The van der Waals surface area contributed by atoms with Gasteiger partial charge in [0.2, 0.25) is 0 Å². The molecule has 1 aliphatic carbocycles. The minimum Gasteiger partial charge on any atom is -0.465 e. The van der Waals surface area contributed by atoms with Gasteiger partial charge in [-0.25, -0.2) is 22.6 Å². The number of hydrogen-bond acceptors (Lipinski definition) is 9. The minimum atomic E-state index is -1.60. The summed E-state index contributed by atoms with van der Waals surface area (Å²) in [5, 5.41) is 44.6. The molecule has 4 N–H and O–H groups in total. The maximum Gasteiger partial charge on any atom is 0.404 e. The normalized spacial score (nSPS) is 28.5. The van der Waals surface area contributed by atoms with E-state index in [4.69, 9.17) is 19.1 Å². The van der Waals surface area contributed by atoms with Gasteiger partial charge in [0.1, 0.15) is 35.8 Å². The van der Waals surface area contributed by atoms with Crippen molar-refractivity contribution in [3.05, 3.63) is 53.3 Å². The van der Waals surface area contributed by atoms with Crippen LogP contribution in [0.1, 0.15) is 49.1 Å². The van der Waals surface area contributed by atoms with E-state index < -0.39 is 60.6 Å². The SMILES string of the molecule is CO[C@@H]1[C@@H](n2cc(-c3cc(F)c(F)c(F)c3)nn2)[C@@H](O)[C@@H](CO)O[C@@H]1Cc1cc(C2CCC(NC(=O)O)CC2)no1. The Morgan fingerprint density at radius 2 is 1.85 bits per heavy atom. The zero-order valence-corrected chi connectivity index (χ0v) is 22.0. The van der Waals surface area contributed by atoms with Crippen molar-refractivity contribution in [1.29, 1.82) is 0 Å². The Labute approximate surface area is 232 Å². The molecule has 15 heteroatoms. The van der Waals surface area contributed by atoms with E-state index in [2.05, 4.69) is 20.8 Å². The Morgan fingerprint density at radius 1 is 1.15 bits per heavy atom. The number of aliphatic hydroxyl groups is 2. The van der Waals surface area contributed by atoms with E-state index >= 15 is 0 Å². The molecule has 1 aromatic carbocycles. The molecule has 0 spiro atoms. The van der Waals surface area contributed by atoms with Gasteiger partial charge in [0.15, 0.2) is 17.5 Å². The number of ether oxygens (including phenoxy) is 2. The van der Waals surface area contributed by atoms with Gasteiger partial charge in [-0.05, 0) is 37.8 Å². The Balaban J connectivity index is 1.33. The largest absolute Gasteiger partial charge is 0.465 e. The van der Waals surface area contributed by atoms with Crippen molar-refractivity contribution >= 4 is 6.09 Å². The summed E-state index contributed by atoms with van der Waals surface area (Å²) in [6.45, 7) is -0.518. The molecule has 41 heavy (non-hydrogen) atoms. The van der Waals surface area contributed by atoms with Crippen molar-refractivity contribution < 1.29 is 47.3 Å². The average molecular weight is 582 g/mol. The maximum atomic E-state index is 13.8. The number of rotatable bonds is 8. The van der Waals surface area contributed by atoms with Crippen molar-refractivity contribution in [1.82, 2.24) is 25.5 Å². The van der Waals surface area contributed by atoms with Crippen molar-refractivity contribution in [3.8, 4) is 11.3 Å². The lowest BCUT2D eigenvalue weighted by molar-refractivity contribution is -0.212. The van der Waals surface area contributed by atoms with E-state index in [-0.39, 0.29) is 29.6 Å². The van der Waals surface area contributed by atoms with Crippen molar-refractivity contribution in [2.75, 3.05) is 13.7 Å². The number of nitrogens with zero attached hydrogens (tertiary/aromatic N) is 4. The maximum absolute atomic E-state index is 13.8. The molecule has 3 heterocycles. The molecule has 12 nitrogen and oxygen atoms in total. The first-order valence-corrected chi connectivity index (χ1v) is 13.2. The van der Waals surface area contributed by atoms with E-state index in [1.165, 1.54) is 18.0 Å². The summed E-state index contributed by atoms with van der Waals surface area (Å²) in [4.78, 5) is 10.9. The lowest BCUT2D eigenvalue weighted by Gasteiger charge is -2.43. The third-order valence-electron chi connectivity index (χ3n) is 7.78. The highest BCUT2D eigenvalue weighted by molar-refractivity contribution is 5.64. The minimum absolute atomic E-state index is 0.0293. The fourth-order valence-corrected chi connectivity index (χ4v) is 5.71. The van der Waals surface area contributed by atoms with Crippen LogP contribution in [0.3, 0.4) is 0 Å². The summed E-state index contributed by atoms with van der Waals surface area (Å²) < 4.78 is 59.5. The summed E-state index contributed by atoms with van der Waals surface area (Å²) in [5.41, 5.74) is 0.718. The highest BCUT2D eigenvalue weighted by Gasteiger charge is 2.47. The molecule has 3 aromatic rings. The molecule has 0 bridgehead atoms. The van der Waals surface area contributed by atoms with Crippen LogP contribution in [0.25, 0.3) is 11.3 Å².